The highest BCUT2D eigenvalue weighted by Crippen LogP contribution is 2.29. The van der Waals surface area contributed by atoms with Crippen molar-refractivity contribution in [2.24, 2.45) is 5.92 Å². The Hall–Kier alpha value is -0.530. The average Bonchev–Trinajstić information content (AvgIpc) is 2.41. The predicted molar refractivity (Wildman–Crippen MR) is 40.6 cm³/mol. The fraction of sp³-hybridized carbons (Fsp3) is 0.875. The van der Waals surface area contributed by atoms with E-state index < -0.39 is 0 Å². The predicted octanol–water partition coefficient (Wildman–Crippen LogP) is 1.31. The van der Waals surface area contributed by atoms with Crippen molar-refractivity contribution in [1.82, 2.24) is 5.32 Å². The summed E-state index contributed by atoms with van der Waals surface area (Å²) in [5, 5.41) is 2.85. The molecule has 0 radical (unpaired) electrons. The number of rotatable bonds is 1. The molecule has 58 valence electrons. The SMILES string of the molecule is [2H]C1CC1C(=O)NC(C)(C)C. The van der Waals surface area contributed by atoms with Gasteiger partial charge in [-0.15, -0.1) is 0 Å². The lowest BCUT2D eigenvalue weighted by molar-refractivity contribution is -0.123. The van der Waals surface area contributed by atoms with Crippen LogP contribution in [0.3, 0.4) is 0 Å². The van der Waals surface area contributed by atoms with Crippen molar-refractivity contribution in [3.05, 3.63) is 0 Å². The Morgan fingerprint density at radius 1 is 1.70 bits per heavy atom. The molecule has 2 nitrogen and oxygen atoms in total. The van der Waals surface area contributed by atoms with Crippen molar-refractivity contribution in [3.63, 3.8) is 0 Å². The van der Waals surface area contributed by atoms with Gasteiger partial charge in [-0.2, -0.15) is 0 Å². The maximum absolute atomic E-state index is 11.2. The average molecular weight is 142 g/mol. The third kappa shape index (κ3) is 2.38. The normalized spacial score (nSPS) is 32.9. The molecule has 0 bridgehead atoms. The highest BCUT2D eigenvalue weighted by Gasteiger charge is 2.31. The van der Waals surface area contributed by atoms with Gasteiger partial charge in [-0.3, -0.25) is 4.79 Å². The first-order chi connectivity index (χ1) is 4.90. The van der Waals surface area contributed by atoms with E-state index in [1.54, 1.807) is 0 Å². The number of amides is 1. The van der Waals surface area contributed by atoms with Crippen LogP contribution < -0.4 is 5.32 Å². The van der Waals surface area contributed by atoms with Crippen LogP contribution in [0, 0.1) is 5.92 Å². The molecule has 1 rings (SSSR count). The zero-order valence-corrected chi connectivity index (χ0v) is 6.77. The highest BCUT2D eigenvalue weighted by molar-refractivity contribution is 5.81. The van der Waals surface area contributed by atoms with Crippen LogP contribution in [0.2, 0.25) is 0 Å². The first-order valence-corrected chi connectivity index (χ1v) is 3.64. The molecular weight excluding hydrogens is 126 g/mol. The van der Waals surface area contributed by atoms with E-state index in [0.29, 0.717) is 0 Å². The molecule has 1 amide bonds. The first-order valence-electron chi connectivity index (χ1n) is 4.22. The Morgan fingerprint density at radius 3 is 2.50 bits per heavy atom. The summed E-state index contributed by atoms with van der Waals surface area (Å²) in [7, 11) is 0. The van der Waals surface area contributed by atoms with Crippen LogP contribution >= 0.6 is 0 Å². The second kappa shape index (κ2) is 2.26. The molecular formula is C8H15NO. The zero-order valence-electron chi connectivity index (χ0n) is 7.77. The van der Waals surface area contributed by atoms with Crippen molar-refractivity contribution in [1.29, 1.82) is 0 Å². The van der Waals surface area contributed by atoms with E-state index in [2.05, 4.69) is 5.32 Å². The van der Waals surface area contributed by atoms with E-state index in [1.165, 1.54) is 0 Å². The lowest BCUT2D eigenvalue weighted by Gasteiger charge is -2.20. The fourth-order valence-electron chi connectivity index (χ4n) is 0.744. The first kappa shape index (κ1) is 6.20. The Balaban J connectivity index is 2.33. The smallest absolute Gasteiger partial charge is 0.223 e. The minimum Gasteiger partial charge on any atom is -0.351 e. The molecule has 2 unspecified atom stereocenters. The van der Waals surface area contributed by atoms with Gasteiger partial charge in [0.2, 0.25) is 5.91 Å². The molecule has 1 saturated carbocycles. The molecule has 0 aliphatic heterocycles. The Morgan fingerprint density at radius 2 is 2.20 bits per heavy atom. The van der Waals surface area contributed by atoms with E-state index in [4.69, 9.17) is 1.37 Å². The molecule has 1 aliphatic carbocycles. The number of carbonyl (C=O) groups excluding carboxylic acids is 1. The largest absolute Gasteiger partial charge is 0.351 e. The zero-order chi connectivity index (χ0) is 8.65. The summed E-state index contributed by atoms with van der Waals surface area (Å²) in [5.41, 5.74) is -0.153. The summed E-state index contributed by atoms with van der Waals surface area (Å²) >= 11 is 0. The van der Waals surface area contributed by atoms with E-state index in [1.807, 2.05) is 20.8 Å². The van der Waals surface area contributed by atoms with E-state index >= 15 is 0 Å². The maximum Gasteiger partial charge on any atom is 0.223 e. The Labute approximate surface area is 63.4 Å². The molecule has 0 aromatic rings. The summed E-state index contributed by atoms with van der Waals surface area (Å²) in [6, 6.07) is 0. The lowest BCUT2D eigenvalue weighted by Crippen LogP contribution is -2.41. The van der Waals surface area contributed by atoms with Crippen molar-refractivity contribution >= 4 is 5.91 Å². The minimum atomic E-state index is -0.153. The molecule has 10 heavy (non-hydrogen) atoms. The van der Waals surface area contributed by atoms with Crippen LogP contribution in [0.1, 0.15) is 35.0 Å². The molecule has 0 heterocycles. The van der Waals surface area contributed by atoms with Crippen molar-refractivity contribution < 1.29 is 6.17 Å². The number of carbonyl (C=O) groups is 1. The highest BCUT2D eigenvalue weighted by atomic mass is 16.2. The van der Waals surface area contributed by atoms with E-state index in [-0.39, 0.29) is 23.8 Å². The number of hydrogen-bond donors (Lipinski definition) is 1. The van der Waals surface area contributed by atoms with Gasteiger partial charge in [-0.25, -0.2) is 0 Å². The van der Waals surface area contributed by atoms with Gasteiger partial charge in [0.15, 0.2) is 0 Å². The summed E-state index contributed by atoms with van der Waals surface area (Å²) in [4.78, 5) is 11.2. The Bertz CT molecular complexity index is 173. The van der Waals surface area contributed by atoms with Crippen molar-refractivity contribution in [2.75, 3.05) is 0 Å². The topological polar surface area (TPSA) is 29.1 Å². The molecule has 0 spiro atoms. The molecule has 1 aliphatic rings. The van der Waals surface area contributed by atoms with E-state index in [0.717, 1.165) is 6.42 Å². The summed E-state index contributed by atoms with van der Waals surface area (Å²) in [6.45, 7) is 5.85. The molecule has 1 N–H and O–H groups in total. The summed E-state index contributed by atoms with van der Waals surface area (Å²) in [5.74, 6) is 0.00623. The molecule has 2 atom stereocenters. The van der Waals surface area contributed by atoms with Gasteiger partial charge >= 0.3 is 0 Å². The van der Waals surface area contributed by atoms with Crippen molar-refractivity contribution in [2.45, 2.75) is 39.1 Å². The second-order valence-corrected chi connectivity index (χ2v) is 3.82. The summed E-state index contributed by atoms with van der Waals surface area (Å²) in [6.07, 6.45) is 0.597. The fourth-order valence-corrected chi connectivity index (χ4v) is 0.744. The van der Waals surface area contributed by atoms with Crippen LogP contribution in [0.4, 0.5) is 0 Å². The minimum absolute atomic E-state index is 0.0331. The van der Waals surface area contributed by atoms with E-state index in [9.17, 15) is 4.79 Å². The molecule has 0 aromatic carbocycles. The monoisotopic (exact) mass is 142 g/mol. The standard InChI is InChI=1S/C8H15NO/c1-8(2,3)9-7(10)6-4-5-6/h6H,4-5H2,1-3H3,(H,9,10)/i4D. The quantitative estimate of drug-likeness (QED) is 0.587. The van der Waals surface area contributed by atoms with Gasteiger partial charge in [0.05, 0.1) is 0 Å². The third-order valence-corrected chi connectivity index (χ3v) is 1.31. The lowest BCUT2D eigenvalue weighted by atomic mass is 10.1. The maximum atomic E-state index is 11.2. The molecule has 2 heteroatoms. The molecule has 0 saturated heterocycles. The van der Waals surface area contributed by atoms with Gasteiger partial charge in [-0.1, -0.05) is 0 Å². The van der Waals surface area contributed by atoms with Gasteiger partial charge in [-0.05, 0) is 33.6 Å². The number of hydrogen-bond acceptors (Lipinski definition) is 1. The van der Waals surface area contributed by atoms with Crippen LogP contribution in [-0.4, -0.2) is 11.4 Å². The second-order valence-electron chi connectivity index (χ2n) is 3.82. The van der Waals surface area contributed by atoms with Crippen LogP contribution in [-0.2, 0) is 4.79 Å². The van der Waals surface area contributed by atoms with Gasteiger partial charge in [0, 0.05) is 12.8 Å². The van der Waals surface area contributed by atoms with Gasteiger partial charge in [0.25, 0.3) is 0 Å². The van der Waals surface area contributed by atoms with Gasteiger partial charge in [0.1, 0.15) is 0 Å². The van der Waals surface area contributed by atoms with Crippen molar-refractivity contribution in [3.8, 4) is 0 Å². The third-order valence-electron chi connectivity index (χ3n) is 1.31. The van der Waals surface area contributed by atoms with Gasteiger partial charge < -0.3 is 5.32 Å². The molecule has 1 fully saturated rings. The van der Waals surface area contributed by atoms with Crippen LogP contribution in [0.25, 0.3) is 0 Å². The molecule has 0 aromatic heterocycles. The Kier molecular flexibility index (Phi) is 1.40. The number of nitrogens with one attached hydrogen (secondary N) is 1. The van der Waals surface area contributed by atoms with Crippen LogP contribution in [0.5, 0.6) is 0 Å². The summed E-state index contributed by atoms with van der Waals surface area (Å²) < 4.78 is 7.23. The van der Waals surface area contributed by atoms with Crippen LogP contribution in [0.15, 0.2) is 0 Å².